The molecule has 0 heterocycles. The molecular formula is C11H6ClNO. The van der Waals surface area contributed by atoms with Crippen molar-refractivity contribution in [2.45, 2.75) is 6.42 Å². The summed E-state index contributed by atoms with van der Waals surface area (Å²) in [5, 5.41) is 8.73. The SMILES string of the molecule is N#CCC#Cc1cc(Cl)cc(C=O)c1. The molecular weight excluding hydrogens is 198 g/mol. The zero-order valence-electron chi connectivity index (χ0n) is 7.25. The maximum absolute atomic E-state index is 10.5. The molecule has 0 amide bonds. The summed E-state index contributed by atoms with van der Waals surface area (Å²) in [7, 11) is 0. The monoisotopic (exact) mass is 203 g/mol. The number of halogens is 1. The number of nitrogens with zero attached hydrogens (tertiary/aromatic N) is 1. The van der Waals surface area contributed by atoms with Gasteiger partial charge in [-0.3, -0.25) is 4.79 Å². The third kappa shape index (κ3) is 2.94. The third-order valence-electron chi connectivity index (χ3n) is 1.46. The normalized spacial score (nSPS) is 8.29. The van der Waals surface area contributed by atoms with Crippen LogP contribution < -0.4 is 0 Å². The molecule has 0 radical (unpaired) electrons. The summed E-state index contributed by atoms with van der Waals surface area (Å²) < 4.78 is 0. The van der Waals surface area contributed by atoms with Crippen LogP contribution in [-0.2, 0) is 0 Å². The van der Waals surface area contributed by atoms with E-state index in [2.05, 4.69) is 11.8 Å². The van der Waals surface area contributed by atoms with Crippen molar-refractivity contribution in [3.8, 4) is 17.9 Å². The van der Waals surface area contributed by atoms with E-state index < -0.39 is 0 Å². The molecule has 0 spiro atoms. The molecule has 68 valence electrons. The highest BCUT2D eigenvalue weighted by Crippen LogP contribution is 2.13. The fourth-order valence-electron chi connectivity index (χ4n) is 0.938. The molecule has 1 aromatic rings. The zero-order chi connectivity index (χ0) is 10.4. The summed E-state index contributed by atoms with van der Waals surface area (Å²) >= 11 is 5.75. The molecule has 1 aromatic carbocycles. The van der Waals surface area contributed by atoms with Gasteiger partial charge in [0.25, 0.3) is 0 Å². The molecule has 0 bridgehead atoms. The van der Waals surface area contributed by atoms with Crippen molar-refractivity contribution in [3.63, 3.8) is 0 Å². The second-order valence-electron chi connectivity index (χ2n) is 2.53. The summed E-state index contributed by atoms with van der Waals surface area (Å²) in [6.45, 7) is 0. The first-order valence-electron chi connectivity index (χ1n) is 3.88. The van der Waals surface area contributed by atoms with Crippen LogP contribution in [0, 0.1) is 23.2 Å². The average Bonchev–Trinajstić information content (AvgIpc) is 2.17. The second kappa shape index (κ2) is 5.07. The minimum absolute atomic E-state index is 0.170. The van der Waals surface area contributed by atoms with Crippen molar-refractivity contribution in [1.29, 1.82) is 5.26 Å². The fraction of sp³-hybridized carbons (Fsp3) is 0.0909. The quantitative estimate of drug-likeness (QED) is 0.520. The number of hydrogen-bond acceptors (Lipinski definition) is 2. The van der Waals surface area contributed by atoms with Crippen LogP contribution in [-0.4, -0.2) is 6.29 Å². The van der Waals surface area contributed by atoms with Gasteiger partial charge < -0.3 is 0 Å². The molecule has 0 aliphatic rings. The van der Waals surface area contributed by atoms with Crippen LogP contribution in [0.3, 0.4) is 0 Å². The zero-order valence-corrected chi connectivity index (χ0v) is 8.01. The van der Waals surface area contributed by atoms with Gasteiger partial charge >= 0.3 is 0 Å². The van der Waals surface area contributed by atoms with Crippen LogP contribution in [0.5, 0.6) is 0 Å². The molecule has 0 saturated heterocycles. The van der Waals surface area contributed by atoms with E-state index in [4.69, 9.17) is 16.9 Å². The van der Waals surface area contributed by atoms with Gasteiger partial charge in [-0.2, -0.15) is 5.26 Å². The van der Waals surface area contributed by atoms with E-state index in [1.807, 2.05) is 6.07 Å². The maximum Gasteiger partial charge on any atom is 0.150 e. The number of benzene rings is 1. The van der Waals surface area contributed by atoms with Gasteiger partial charge in [0.2, 0.25) is 0 Å². The summed E-state index contributed by atoms with van der Waals surface area (Å²) in [5.74, 6) is 5.39. The van der Waals surface area contributed by atoms with Crippen molar-refractivity contribution in [3.05, 3.63) is 34.3 Å². The first kappa shape index (κ1) is 10.3. The van der Waals surface area contributed by atoms with Crippen molar-refractivity contribution in [2.75, 3.05) is 0 Å². The number of hydrogen-bond donors (Lipinski definition) is 0. The lowest BCUT2D eigenvalue weighted by molar-refractivity contribution is 0.112. The van der Waals surface area contributed by atoms with Crippen LogP contribution in [0.15, 0.2) is 18.2 Å². The fourth-order valence-corrected chi connectivity index (χ4v) is 1.18. The molecule has 14 heavy (non-hydrogen) atoms. The van der Waals surface area contributed by atoms with Crippen molar-refractivity contribution in [1.82, 2.24) is 0 Å². The topological polar surface area (TPSA) is 40.9 Å². The Kier molecular flexibility index (Phi) is 3.73. The Morgan fingerprint density at radius 3 is 2.86 bits per heavy atom. The number of carbonyl (C=O) groups excluding carboxylic acids is 1. The van der Waals surface area contributed by atoms with Gasteiger partial charge in [-0.25, -0.2) is 0 Å². The summed E-state index contributed by atoms with van der Waals surface area (Å²) in [5.41, 5.74) is 1.13. The minimum Gasteiger partial charge on any atom is -0.298 e. The number of carbonyl (C=O) groups is 1. The van der Waals surface area contributed by atoms with E-state index >= 15 is 0 Å². The number of rotatable bonds is 1. The van der Waals surface area contributed by atoms with Crippen LogP contribution >= 0.6 is 11.6 Å². The van der Waals surface area contributed by atoms with Crippen molar-refractivity contribution in [2.24, 2.45) is 0 Å². The van der Waals surface area contributed by atoms with Crippen LogP contribution in [0.1, 0.15) is 22.3 Å². The highest BCUT2D eigenvalue weighted by molar-refractivity contribution is 6.31. The predicted octanol–water partition coefficient (Wildman–Crippen LogP) is 2.42. The van der Waals surface area contributed by atoms with E-state index in [9.17, 15) is 4.79 Å². The second-order valence-corrected chi connectivity index (χ2v) is 2.96. The number of aldehydes is 1. The predicted molar refractivity (Wildman–Crippen MR) is 53.9 cm³/mol. The van der Waals surface area contributed by atoms with Crippen LogP contribution in [0.25, 0.3) is 0 Å². The Morgan fingerprint density at radius 1 is 1.43 bits per heavy atom. The van der Waals surface area contributed by atoms with E-state index in [1.165, 1.54) is 0 Å². The van der Waals surface area contributed by atoms with E-state index in [0.717, 1.165) is 0 Å². The van der Waals surface area contributed by atoms with Gasteiger partial charge in [-0.05, 0) is 18.2 Å². The molecule has 0 aliphatic carbocycles. The maximum atomic E-state index is 10.5. The molecule has 0 N–H and O–H groups in total. The Morgan fingerprint density at radius 2 is 2.21 bits per heavy atom. The highest BCUT2D eigenvalue weighted by atomic mass is 35.5. The smallest absolute Gasteiger partial charge is 0.150 e. The first-order valence-corrected chi connectivity index (χ1v) is 4.25. The Balaban J connectivity index is 3.00. The molecule has 0 aromatic heterocycles. The van der Waals surface area contributed by atoms with Gasteiger partial charge in [0, 0.05) is 16.1 Å². The Bertz CT molecular complexity index is 449. The highest BCUT2D eigenvalue weighted by Gasteiger charge is 1.95. The Labute approximate surface area is 87.1 Å². The Hall–Kier alpha value is -1.77. The number of nitriles is 1. The van der Waals surface area contributed by atoms with Gasteiger partial charge in [0.1, 0.15) is 6.29 Å². The van der Waals surface area contributed by atoms with Gasteiger partial charge in [-0.1, -0.05) is 23.4 Å². The third-order valence-corrected chi connectivity index (χ3v) is 1.67. The molecule has 0 atom stereocenters. The lowest BCUT2D eigenvalue weighted by Crippen LogP contribution is -1.82. The minimum atomic E-state index is 0.170. The van der Waals surface area contributed by atoms with Gasteiger partial charge in [0.15, 0.2) is 0 Å². The van der Waals surface area contributed by atoms with Crippen molar-refractivity contribution >= 4 is 17.9 Å². The molecule has 2 nitrogen and oxygen atoms in total. The van der Waals surface area contributed by atoms with Crippen LogP contribution in [0.4, 0.5) is 0 Å². The summed E-state index contributed by atoms with van der Waals surface area (Å²) in [6.07, 6.45) is 0.879. The largest absolute Gasteiger partial charge is 0.298 e. The van der Waals surface area contributed by atoms with E-state index in [0.29, 0.717) is 22.4 Å². The van der Waals surface area contributed by atoms with Crippen molar-refractivity contribution < 1.29 is 4.79 Å². The lowest BCUT2D eigenvalue weighted by Gasteiger charge is -1.94. The van der Waals surface area contributed by atoms with Crippen LogP contribution in [0.2, 0.25) is 5.02 Å². The van der Waals surface area contributed by atoms with Gasteiger partial charge in [0.05, 0.1) is 12.5 Å². The molecule has 0 unspecified atom stereocenters. The molecule has 0 aliphatic heterocycles. The van der Waals surface area contributed by atoms with Gasteiger partial charge in [-0.15, -0.1) is 0 Å². The first-order chi connectivity index (χ1) is 6.76. The van der Waals surface area contributed by atoms with E-state index in [1.54, 1.807) is 18.2 Å². The molecule has 3 heteroatoms. The molecule has 1 rings (SSSR count). The summed E-state index contributed by atoms with van der Waals surface area (Å²) in [6, 6.07) is 6.74. The average molecular weight is 204 g/mol. The molecule has 0 saturated carbocycles. The standard InChI is InChI=1S/C11H6ClNO/c12-11-6-9(3-1-2-4-13)5-10(7-11)8-14/h5-8H,2H2. The summed E-state index contributed by atoms with van der Waals surface area (Å²) in [4.78, 5) is 10.5. The molecule has 0 fully saturated rings. The lowest BCUT2D eigenvalue weighted by atomic mass is 10.1. The van der Waals surface area contributed by atoms with E-state index in [-0.39, 0.29) is 6.42 Å².